The van der Waals surface area contributed by atoms with Crippen molar-refractivity contribution < 1.29 is 35.5 Å². The van der Waals surface area contributed by atoms with E-state index in [9.17, 15) is 32.5 Å². The number of halogens is 6. The molecule has 5 aromatic rings. The van der Waals surface area contributed by atoms with Gasteiger partial charge in [0.15, 0.2) is 12.2 Å². The Morgan fingerprint density at radius 1 is 1.20 bits per heavy atom. The standard InChI is InChI=1S/C25H14F5N7O2S.C7H12FN/c1-37(8-15-16(7-32)39-9-34-15)23-11-5-13(25(28,29)30)18(19(27)20(11)35-24(36-23)38-2)10-3-4-14(26)21-17(10)12(6-31)22(33)40-21;8-6-4-7-2-1-3-9(7)5-6/h3-5,9H,8,33H2,1-2H3;6-7H,1-5H2. The number of benzene rings is 2. The Labute approximate surface area is 278 Å². The molecule has 2 aliphatic heterocycles. The molecule has 0 aliphatic carbocycles. The second kappa shape index (κ2) is 13.1. The molecule has 10 nitrogen and oxygen atoms in total. The van der Waals surface area contributed by atoms with Crippen LogP contribution in [0.2, 0.25) is 0 Å². The van der Waals surface area contributed by atoms with Crippen molar-refractivity contribution >= 4 is 43.1 Å². The minimum absolute atomic E-state index is 0.120. The van der Waals surface area contributed by atoms with Crippen LogP contribution in [-0.2, 0) is 12.7 Å². The van der Waals surface area contributed by atoms with Crippen LogP contribution in [0.1, 0.15) is 41.8 Å². The van der Waals surface area contributed by atoms with E-state index in [-0.39, 0.29) is 61.4 Å². The lowest BCUT2D eigenvalue weighted by Gasteiger charge is -2.22. The van der Waals surface area contributed by atoms with Gasteiger partial charge in [-0.05, 0) is 43.5 Å². The molecule has 254 valence electrons. The first kappa shape index (κ1) is 33.8. The molecule has 2 aromatic carbocycles. The van der Waals surface area contributed by atoms with Gasteiger partial charge in [0, 0.05) is 36.0 Å². The van der Waals surface area contributed by atoms with Gasteiger partial charge in [-0.1, -0.05) is 6.07 Å². The molecule has 17 heteroatoms. The number of nitrogen functional groups attached to an aromatic ring is 1. The zero-order valence-electron chi connectivity index (χ0n) is 25.9. The van der Waals surface area contributed by atoms with Crippen LogP contribution in [0, 0.1) is 34.3 Å². The van der Waals surface area contributed by atoms with Gasteiger partial charge in [-0.2, -0.15) is 33.7 Å². The van der Waals surface area contributed by atoms with Crippen molar-refractivity contribution in [2.75, 3.05) is 37.9 Å². The summed E-state index contributed by atoms with van der Waals surface area (Å²) in [4.78, 5) is 15.6. The molecule has 0 amide bonds. The fourth-order valence-electron chi connectivity index (χ4n) is 6.37. The highest BCUT2D eigenvalue weighted by molar-refractivity contribution is 7.23. The minimum atomic E-state index is -5.10. The van der Waals surface area contributed by atoms with Gasteiger partial charge in [0.05, 0.1) is 29.5 Å². The molecule has 2 unspecified atom stereocenters. The maximum absolute atomic E-state index is 16.3. The largest absolute Gasteiger partial charge is 0.467 e. The summed E-state index contributed by atoms with van der Waals surface area (Å²) in [5, 5.41) is 18.1. The number of hydrogen-bond donors (Lipinski definition) is 1. The number of anilines is 2. The number of nitrogens with two attached hydrogens (primary N) is 1. The van der Waals surface area contributed by atoms with E-state index in [4.69, 9.17) is 14.9 Å². The van der Waals surface area contributed by atoms with Gasteiger partial charge in [0.1, 0.15) is 46.2 Å². The molecule has 5 heterocycles. The minimum Gasteiger partial charge on any atom is -0.467 e. The van der Waals surface area contributed by atoms with Gasteiger partial charge in [-0.3, -0.25) is 4.90 Å². The van der Waals surface area contributed by atoms with Crippen LogP contribution < -0.4 is 15.4 Å². The van der Waals surface area contributed by atoms with Crippen LogP contribution in [0.15, 0.2) is 29.0 Å². The van der Waals surface area contributed by atoms with Crippen molar-refractivity contribution in [3.8, 4) is 29.3 Å². The quantitative estimate of drug-likeness (QED) is 0.191. The highest BCUT2D eigenvalue weighted by atomic mass is 32.1. The summed E-state index contributed by atoms with van der Waals surface area (Å²) in [6.45, 7) is 1.72. The number of oxazole rings is 1. The second-order valence-corrected chi connectivity index (χ2v) is 12.6. The Kier molecular flexibility index (Phi) is 9.00. The number of ether oxygens (including phenoxy) is 1. The number of fused-ring (bicyclic) bond motifs is 3. The van der Waals surface area contributed by atoms with Gasteiger partial charge in [-0.15, -0.1) is 11.3 Å². The first-order valence-electron chi connectivity index (χ1n) is 14.8. The molecule has 2 N–H and O–H groups in total. The predicted molar refractivity (Wildman–Crippen MR) is 168 cm³/mol. The normalized spacial score (nSPS) is 17.4. The first-order chi connectivity index (χ1) is 23.4. The number of alkyl halides is 4. The molecule has 0 saturated carbocycles. The van der Waals surface area contributed by atoms with Crippen molar-refractivity contribution in [3.05, 3.63) is 58.8 Å². The van der Waals surface area contributed by atoms with E-state index < -0.39 is 40.6 Å². The third-order valence-corrected chi connectivity index (χ3v) is 9.56. The molecular weight excluding hydrogens is 674 g/mol. The average Bonchev–Trinajstić information content (AvgIpc) is 3.85. The summed E-state index contributed by atoms with van der Waals surface area (Å²) in [5.74, 6) is -2.51. The molecule has 2 aliphatic rings. The summed E-state index contributed by atoms with van der Waals surface area (Å²) in [7, 11) is 2.63. The van der Waals surface area contributed by atoms with Crippen molar-refractivity contribution in [1.29, 1.82) is 10.5 Å². The Morgan fingerprint density at radius 3 is 2.65 bits per heavy atom. The summed E-state index contributed by atoms with van der Waals surface area (Å²) in [5.41, 5.74) is 2.45. The highest BCUT2D eigenvalue weighted by Gasteiger charge is 2.39. The molecular formula is C32H26F6N8O2S. The van der Waals surface area contributed by atoms with Crippen molar-refractivity contribution in [1.82, 2.24) is 19.9 Å². The summed E-state index contributed by atoms with van der Waals surface area (Å²) >= 11 is 0.666. The van der Waals surface area contributed by atoms with Crippen LogP contribution in [-0.4, -0.2) is 59.3 Å². The van der Waals surface area contributed by atoms with Gasteiger partial charge >= 0.3 is 12.2 Å². The van der Waals surface area contributed by atoms with Gasteiger partial charge in [-0.25, -0.2) is 18.2 Å². The fourth-order valence-corrected chi connectivity index (χ4v) is 7.32. The van der Waals surface area contributed by atoms with Crippen LogP contribution in [0.25, 0.3) is 32.1 Å². The predicted octanol–water partition coefficient (Wildman–Crippen LogP) is 6.96. The highest BCUT2D eigenvalue weighted by Crippen LogP contribution is 2.48. The number of nitrogens with zero attached hydrogens (tertiary/aromatic N) is 7. The average molecular weight is 701 g/mol. The summed E-state index contributed by atoms with van der Waals surface area (Å²) < 4.78 is 97.0. The van der Waals surface area contributed by atoms with Crippen LogP contribution in [0.3, 0.4) is 0 Å². The van der Waals surface area contributed by atoms with E-state index in [0.29, 0.717) is 30.0 Å². The Hall–Kier alpha value is -5.13. The molecule has 7 rings (SSSR count). The number of rotatable bonds is 5. The molecule has 2 fully saturated rings. The van der Waals surface area contributed by atoms with E-state index in [1.165, 1.54) is 31.9 Å². The van der Waals surface area contributed by atoms with Crippen LogP contribution >= 0.6 is 11.3 Å². The molecule has 0 spiro atoms. The van der Waals surface area contributed by atoms with Crippen molar-refractivity contribution in [2.24, 2.45) is 0 Å². The third kappa shape index (κ3) is 6.15. The lowest BCUT2D eigenvalue weighted by atomic mass is 9.92. The Morgan fingerprint density at radius 2 is 1.98 bits per heavy atom. The summed E-state index contributed by atoms with van der Waals surface area (Å²) in [6, 6.07) is 6.34. The second-order valence-electron chi connectivity index (χ2n) is 11.5. The zero-order chi connectivity index (χ0) is 35.2. The van der Waals surface area contributed by atoms with Crippen molar-refractivity contribution in [3.63, 3.8) is 0 Å². The van der Waals surface area contributed by atoms with Crippen LogP contribution in [0.5, 0.6) is 6.01 Å². The smallest absolute Gasteiger partial charge is 0.417 e. The van der Waals surface area contributed by atoms with Gasteiger partial charge in [0.2, 0.25) is 5.76 Å². The molecule has 0 bridgehead atoms. The van der Waals surface area contributed by atoms with E-state index in [0.717, 1.165) is 31.5 Å². The molecule has 2 atom stereocenters. The monoisotopic (exact) mass is 700 g/mol. The van der Waals surface area contributed by atoms with Crippen LogP contribution in [0.4, 0.5) is 37.2 Å². The number of aromatic nitrogens is 3. The Balaban J connectivity index is 0.000000396. The lowest BCUT2D eigenvalue weighted by Crippen LogP contribution is -2.22. The van der Waals surface area contributed by atoms with Gasteiger partial charge < -0.3 is 19.8 Å². The number of hydrogen-bond acceptors (Lipinski definition) is 11. The van der Waals surface area contributed by atoms with E-state index >= 15 is 4.39 Å². The molecule has 2 saturated heterocycles. The third-order valence-electron chi connectivity index (χ3n) is 8.53. The zero-order valence-corrected chi connectivity index (χ0v) is 26.7. The van der Waals surface area contributed by atoms with E-state index in [2.05, 4.69) is 19.9 Å². The topological polar surface area (TPSA) is 141 Å². The molecule has 3 aromatic heterocycles. The molecule has 0 radical (unpaired) electrons. The lowest BCUT2D eigenvalue weighted by molar-refractivity contribution is -0.137. The van der Waals surface area contributed by atoms with Crippen molar-refractivity contribution in [2.45, 2.75) is 44.2 Å². The Bertz CT molecular complexity index is 2140. The number of methoxy groups -OCH3 is 1. The molecule has 49 heavy (non-hydrogen) atoms. The summed E-state index contributed by atoms with van der Waals surface area (Å²) in [6.07, 6.45) is -1.26. The number of nitriles is 2. The maximum Gasteiger partial charge on any atom is 0.417 e. The maximum atomic E-state index is 16.3. The first-order valence-corrected chi connectivity index (χ1v) is 15.7. The van der Waals surface area contributed by atoms with Gasteiger partial charge in [0.25, 0.3) is 0 Å². The fraction of sp³-hybridized carbons (Fsp3) is 0.344. The SMILES string of the molecule is COc1nc(N(C)Cc2ncoc2C#N)c2cc(C(F)(F)F)c(-c3ccc(F)c4sc(N)c(C#N)c34)c(F)c2n1.FC1CC2CCCN2C1. The van der Waals surface area contributed by atoms with E-state index in [1.54, 1.807) is 12.1 Å². The number of thiophene rings is 1. The van der Waals surface area contributed by atoms with E-state index in [1.807, 2.05) is 0 Å².